The van der Waals surface area contributed by atoms with E-state index in [4.69, 9.17) is 5.11 Å². The second kappa shape index (κ2) is 5.50. The Hall–Kier alpha value is -1.36. The Labute approximate surface area is 95.4 Å². The summed E-state index contributed by atoms with van der Waals surface area (Å²) in [5.41, 5.74) is 0.792. The highest BCUT2D eigenvalue weighted by molar-refractivity contribution is 9.09. The zero-order valence-corrected chi connectivity index (χ0v) is 9.40. The Morgan fingerprint density at radius 2 is 1.93 bits per heavy atom. The third-order valence-corrected chi connectivity index (χ3v) is 2.68. The number of carboxylic acids is 1. The Balaban J connectivity index is 2.57. The number of nitrogens with one attached hydrogen (secondary N) is 1. The van der Waals surface area contributed by atoms with Gasteiger partial charge in [0.1, 0.15) is 11.4 Å². The van der Waals surface area contributed by atoms with E-state index in [1.807, 2.05) is 18.2 Å². The highest BCUT2D eigenvalue weighted by atomic mass is 79.9. The lowest BCUT2D eigenvalue weighted by Gasteiger charge is -2.09. The van der Waals surface area contributed by atoms with Crippen molar-refractivity contribution in [1.29, 1.82) is 0 Å². The molecule has 80 valence electrons. The van der Waals surface area contributed by atoms with Crippen molar-refractivity contribution in [3.8, 4) is 0 Å². The molecule has 15 heavy (non-hydrogen) atoms. The van der Waals surface area contributed by atoms with E-state index >= 15 is 0 Å². The van der Waals surface area contributed by atoms with Gasteiger partial charge in [0.25, 0.3) is 0 Å². The summed E-state index contributed by atoms with van der Waals surface area (Å²) in [6.07, 6.45) is 0. The molecule has 4 nitrogen and oxygen atoms in total. The predicted octanol–water partition coefficient (Wildman–Crippen LogP) is 1.32. The molecule has 1 atom stereocenters. The van der Waals surface area contributed by atoms with E-state index in [9.17, 15) is 9.59 Å². The summed E-state index contributed by atoms with van der Waals surface area (Å²) in [6.45, 7) is -0.367. The van der Waals surface area contributed by atoms with E-state index in [0.29, 0.717) is 0 Å². The Morgan fingerprint density at radius 1 is 1.33 bits per heavy atom. The second-order valence-corrected chi connectivity index (χ2v) is 3.80. The molecule has 0 aliphatic carbocycles. The number of halogens is 1. The molecular weight excluding hydrogens is 262 g/mol. The molecule has 0 fully saturated rings. The molecule has 0 aliphatic rings. The highest BCUT2D eigenvalue weighted by Gasteiger charge is 2.16. The van der Waals surface area contributed by atoms with Crippen LogP contribution in [-0.2, 0) is 9.59 Å². The van der Waals surface area contributed by atoms with E-state index in [1.165, 1.54) is 0 Å². The molecule has 0 aromatic heterocycles. The number of carbonyl (C=O) groups is 2. The maximum Gasteiger partial charge on any atom is 0.322 e. The van der Waals surface area contributed by atoms with Gasteiger partial charge in [0, 0.05) is 0 Å². The van der Waals surface area contributed by atoms with Gasteiger partial charge in [0.2, 0.25) is 5.91 Å². The molecule has 0 spiro atoms. The van der Waals surface area contributed by atoms with Crippen LogP contribution in [0.3, 0.4) is 0 Å². The first-order valence-electron chi connectivity index (χ1n) is 4.30. The van der Waals surface area contributed by atoms with Gasteiger partial charge >= 0.3 is 5.97 Å². The lowest BCUT2D eigenvalue weighted by atomic mass is 10.1. The molecular formula is C10H10BrNO3. The topological polar surface area (TPSA) is 66.4 Å². The number of rotatable bonds is 4. The highest BCUT2D eigenvalue weighted by Crippen LogP contribution is 2.21. The molecule has 0 bridgehead atoms. The average Bonchev–Trinajstić information content (AvgIpc) is 2.26. The van der Waals surface area contributed by atoms with Crippen LogP contribution >= 0.6 is 15.9 Å². The van der Waals surface area contributed by atoms with Gasteiger partial charge in [-0.05, 0) is 5.56 Å². The normalized spacial score (nSPS) is 11.8. The van der Waals surface area contributed by atoms with Crippen molar-refractivity contribution in [2.75, 3.05) is 6.54 Å². The van der Waals surface area contributed by atoms with Crippen molar-refractivity contribution in [3.05, 3.63) is 35.9 Å². The quantitative estimate of drug-likeness (QED) is 0.812. The molecule has 1 rings (SSSR count). The van der Waals surface area contributed by atoms with Crippen molar-refractivity contribution in [1.82, 2.24) is 5.32 Å². The third kappa shape index (κ3) is 3.71. The van der Waals surface area contributed by atoms with Crippen LogP contribution in [0.5, 0.6) is 0 Å². The third-order valence-electron chi connectivity index (χ3n) is 1.74. The summed E-state index contributed by atoms with van der Waals surface area (Å²) >= 11 is 3.20. The molecule has 1 aromatic rings. The van der Waals surface area contributed by atoms with E-state index < -0.39 is 10.8 Å². The molecule has 0 heterocycles. The molecule has 0 radical (unpaired) electrons. The van der Waals surface area contributed by atoms with Gasteiger partial charge in [-0.1, -0.05) is 46.3 Å². The van der Waals surface area contributed by atoms with Crippen LogP contribution in [0.1, 0.15) is 10.4 Å². The monoisotopic (exact) mass is 271 g/mol. The number of amides is 1. The van der Waals surface area contributed by atoms with Gasteiger partial charge < -0.3 is 10.4 Å². The number of alkyl halides is 1. The summed E-state index contributed by atoms with van der Waals surface area (Å²) < 4.78 is 0. The maximum absolute atomic E-state index is 11.4. The first-order valence-corrected chi connectivity index (χ1v) is 5.21. The van der Waals surface area contributed by atoms with Crippen molar-refractivity contribution >= 4 is 27.8 Å². The smallest absolute Gasteiger partial charge is 0.322 e. The van der Waals surface area contributed by atoms with Gasteiger partial charge in [0.05, 0.1) is 0 Å². The average molecular weight is 272 g/mol. The van der Waals surface area contributed by atoms with E-state index in [-0.39, 0.29) is 12.5 Å². The minimum atomic E-state index is -1.06. The predicted molar refractivity (Wildman–Crippen MR) is 58.8 cm³/mol. The van der Waals surface area contributed by atoms with Crippen LogP contribution in [0.2, 0.25) is 0 Å². The molecule has 0 saturated heterocycles. The second-order valence-electron chi connectivity index (χ2n) is 2.88. The van der Waals surface area contributed by atoms with Gasteiger partial charge in [-0.2, -0.15) is 0 Å². The van der Waals surface area contributed by atoms with Crippen LogP contribution in [0.15, 0.2) is 30.3 Å². The molecule has 1 unspecified atom stereocenters. The minimum absolute atomic E-state index is 0.358. The number of aliphatic carboxylic acids is 1. The van der Waals surface area contributed by atoms with Crippen molar-refractivity contribution in [2.24, 2.45) is 0 Å². The van der Waals surface area contributed by atoms with E-state index in [1.54, 1.807) is 12.1 Å². The lowest BCUT2D eigenvalue weighted by Crippen LogP contribution is -2.31. The van der Waals surface area contributed by atoms with Crippen LogP contribution < -0.4 is 5.32 Å². The summed E-state index contributed by atoms with van der Waals surface area (Å²) in [5, 5.41) is 10.7. The molecule has 2 N–H and O–H groups in total. The van der Waals surface area contributed by atoms with E-state index in [0.717, 1.165) is 5.56 Å². The fourth-order valence-corrected chi connectivity index (χ4v) is 1.49. The SMILES string of the molecule is O=C(O)CNC(=O)C(Br)c1ccccc1. The fraction of sp³-hybridized carbons (Fsp3) is 0.200. The molecule has 5 heteroatoms. The maximum atomic E-state index is 11.4. The van der Waals surface area contributed by atoms with Gasteiger partial charge in [-0.3, -0.25) is 9.59 Å². The van der Waals surface area contributed by atoms with Crippen LogP contribution in [-0.4, -0.2) is 23.5 Å². The zero-order valence-electron chi connectivity index (χ0n) is 7.81. The largest absolute Gasteiger partial charge is 0.480 e. The van der Waals surface area contributed by atoms with Crippen LogP contribution in [0.25, 0.3) is 0 Å². The Morgan fingerprint density at radius 3 is 2.47 bits per heavy atom. The first-order chi connectivity index (χ1) is 7.11. The molecule has 0 aliphatic heterocycles. The van der Waals surface area contributed by atoms with E-state index in [2.05, 4.69) is 21.2 Å². The van der Waals surface area contributed by atoms with Gasteiger partial charge in [-0.25, -0.2) is 0 Å². The van der Waals surface area contributed by atoms with Crippen molar-refractivity contribution in [2.45, 2.75) is 4.83 Å². The Kier molecular flexibility index (Phi) is 4.30. The minimum Gasteiger partial charge on any atom is -0.480 e. The fourth-order valence-electron chi connectivity index (χ4n) is 1.03. The number of carbonyl (C=O) groups excluding carboxylic acids is 1. The summed E-state index contributed by atoms with van der Waals surface area (Å²) in [6, 6.07) is 9.06. The van der Waals surface area contributed by atoms with Gasteiger partial charge in [-0.15, -0.1) is 0 Å². The number of hydrogen-bond donors (Lipinski definition) is 2. The van der Waals surface area contributed by atoms with Crippen molar-refractivity contribution < 1.29 is 14.7 Å². The number of carboxylic acid groups (broad SMARTS) is 1. The van der Waals surface area contributed by atoms with Gasteiger partial charge in [0.15, 0.2) is 0 Å². The zero-order chi connectivity index (χ0) is 11.3. The summed E-state index contributed by atoms with van der Waals surface area (Å²) in [7, 11) is 0. The summed E-state index contributed by atoms with van der Waals surface area (Å²) in [4.78, 5) is 21.1. The van der Waals surface area contributed by atoms with Crippen LogP contribution in [0, 0.1) is 0 Å². The summed E-state index contributed by atoms with van der Waals surface area (Å²) in [5.74, 6) is -1.42. The van der Waals surface area contributed by atoms with Crippen LogP contribution in [0.4, 0.5) is 0 Å². The first kappa shape index (κ1) is 11.7. The molecule has 1 aromatic carbocycles. The lowest BCUT2D eigenvalue weighted by molar-refractivity contribution is -0.137. The molecule has 1 amide bonds. The molecule has 0 saturated carbocycles. The number of benzene rings is 1. The number of hydrogen-bond acceptors (Lipinski definition) is 2. The Bertz CT molecular complexity index is 353. The standard InChI is InChI=1S/C10H10BrNO3/c11-9(7-4-2-1-3-5-7)10(15)12-6-8(13)14/h1-5,9H,6H2,(H,12,15)(H,13,14). The van der Waals surface area contributed by atoms with Crippen molar-refractivity contribution in [3.63, 3.8) is 0 Å².